The highest BCUT2D eigenvalue weighted by atomic mass is 19.4. The van der Waals surface area contributed by atoms with Crippen molar-refractivity contribution in [2.45, 2.75) is 6.18 Å². The highest BCUT2D eigenvalue weighted by Gasteiger charge is 2.30. The van der Waals surface area contributed by atoms with Crippen LogP contribution in [0.2, 0.25) is 0 Å². The Labute approximate surface area is 148 Å². The minimum Gasteiger partial charge on any atom is -0.507 e. The number of aromatic hydroxyl groups is 1. The van der Waals surface area contributed by atoms with Gasteiger partial charge in [0.05, 0.1) is 18.4 Å². The molecule has 0 unspecified atom stereocenters. The largest absolute Gasteiger partial charge is 0.507 e. The summed E-state index contributed by atoms with van der Waals surface area (Å²) >= 11 is 0. The first kappa shape index (κ1) is 19.2. The third-order valence-electron chi connectivity index (χ3n) is 3.53. The van der Waals surface area contributed by atoms with E-state index in [1.807, 2.05) is 0 Å². The van der Waals surface area contributed by atoms with E-state index in [-0.39, 0.29) is 16.9 Å². The van der Waals surface area contributed by atoms with Crippen LogP contribution < -0.4 is 4.90 Å². The van der Waals surface area contributed by atoms with Gasteiger partial charge in [0.15, 0.2) is 0 Å². The predicted octanol–water partition coefficient (Wildman–Crippen LogP) is 3.66. The smallest absolute Gasteiger partial charge is 0.416 e. The summed E-state index contributed by atoms with van der Waals surface area (Å²) in [5.74, 6) is 4.41. The summed E-state index contributed by atoms with van der Waals surface area (Å²) in [6.07, 6.45) is -4.46. The number of nitrogens with zero attached hydrogens (tertiary/aromatic N) is 1. The molecule has 7 heteroatoms. The van der Waals surface area contributed by atoms with Crippen molar-refractivity contribution in [3.63, 3.8) is 0 Å². The second-order valence-corrected chi connectivity index (χ2v) is 5.60. The lowest BCUT2D eigenvalue weighted by Crippen LogP contribution is -2.12. The van der Waals surface area contributed by atoms with Gasteiger partial charge in [0.2, 0.25) is 0 Å². The van der Waals surface area contributed by atoms with Crippen LogP contribution in [0.15, 0.2) is 36.4 Å². The molecule has 2 rings (SSSR count). The molecule has 0 saturated carbocycles. The number of phenols is 1. The molecule has 0 aliphatic carbocycles. The number of halogens is 3. The third kappa shape index (κ3) is 4.28. The predicted molar refractivity (Wildman–Crippen MR) is 91.2 cm³/mol. The number of benzene rings is 2. The van der Waals surface area contributed by atoms with Crippen molar-refractivity contribution in [2.75, 3.05) is 26.1 Å². The van der Waals surface area contributed by atoms with E-state index in [0.29, 0.717) is 11.3 Å². The Hall–Kier alpha value is -3.14. The van der Waals surface area contributed by atoms with Crippen LogP contribution in [0.3, 0.4) is 0 Å². The zero-order valence-electron chi connectivity index (χ0n) is 14.3. The summed E-state index contributed by atoms with van der Waals surface area (Å²) < 4.78 is 43.0. The molecule has 0 spiro atoms. The molecule has 0 heterocycles. The van der Waals surface area contributed by atoms with E-state index in [4.69, 9.17) is 0 Å². The van der Waals surface area contributed by atoms with Gasteiger partial charge in [-0.2, -0.15) is 13.2 Å². The molecule has 0 radical (unpaired) electrons. The molecule has 1 N–H and O–H groups in total. The Morgan fingerprint density at radius 1 is 1.15 bits per heavy atom. The maximum Gasteiger partial charge on any atom is 0.416 e. The summed E-state index contributed by atoms with van der Waals surface area (Å²) in [4.78, 5) is 13.4. The molecule has 0 fully saturated rings. The van der Waals surface area contributed by atoms with Crippen LogP contribution >= 0.6 is 0 Å². The van der Waals surface area contributed by atoms with E-state index in [2.05, 4.69) is 16.6 Å². The molecule has 2 aromatic rings. The summed E-state index contributed by atoms with van der Waals surface area (Å²) in [6, 6.07) is 7.34. The third-order valence-corrected chi connectivity index (χ3v) is 3.53. The van der Waals surface area contributed by atoms with Gasteiger partial charge in [-0.25, -0.2) is 4.79 Å². The molecule has 0 aromatic heterocycles. The summed E-state index contributed by atoms with van der Waals surface area (Å²) in [5, 5.41) is 9.98. The minimum absolute atomic E-state index is 0.0774. The molecule has 0 amide bonds. The Balaban J connectivity index is 2.53. The fourth-order valence-corrected chi connectivity index (χ4v) is 2.23. The number of ether oxygens (including phenoxy) is 1. The summed E-state index contributed by atoms with van der Waals surface area (Å²) in [7, 11) is 4.60. The van der Waals surface area contributed by atoms with E-state index < -0.39 is 17.7 Å². The normalized spacial score (nSPS) is 10.7. The number of methoxy groups -OCH3 is 1. The topological polar surface area (TPSA) is 49.8 Å². The molecule has 26 heavy (non-hydrogen) atoms. The number of hydrogen-bond donors (Lipinski definition) is 1. The van der Waals surface area contributed by atoms with E-state index in [0.717, 1.165) is 12.1 Å². The zero-order valence-corrected chi connectivity index (χ0v) is 14.3. The Morgan fingerprint density at radius 2 is 1.85 bits per heavy atom. The average Bonchev–Trinajstić information content (AvgIpc) is 2.59. The van der Waals surface area contributed by atoms with Crippen LogP contribution in [0.4, 0.5) is 18.9 Å². The number of carbonyl (C=O) groups excluding carboxylic acids is 1. The molecule has 0 bridgehead atoms. The number of hydrogen-bond acceptors (Lipinski definition) is 4. The standard InChI is InChI=1S/C19H16F3NO3/c1-23(2)16-11-17(24)15(18(25)26-3)10-13(16)8-7-12-5-4-6-14(9-12)19(20,21)22/h4-6,9-11,24H,1-3H3. The summed E-state index contributed by atoms with van der Waals surface area (Å²) in [6.45, 7) is 0. The molecule has 0 aliphatic heterocycles. The van der Waals surface area contributed by atoms with Crippen LogP contribution in [0.5, 0.6) is 5.75 Å². The van der Waals surface area contributed by atoms with Gasteiger partial charge in [-0.15, -0.1) is 0 Å². The van der Waals surface area contributed by atoms with E-state index in [9.17, 15) is 23.1 Å². The van der Waals surface area contributed by atoms with E-state index >= 15 is 0 Å². The van der Waals surface area contributed by atoms with Crippen LogP contribution in [-0.4, -0.2) is 32.3 Å². The first-order valence-corrected chi connectivity index (χ1v) is 7.45. The zero-order chi connectivity index (χ0) is 19.5. The van der Waals surface area contributed by atoms with Crippen LogP contribution in [0.1, 0.15) is 27.0 Å². The van der Waals surface area contributed by atoms with Crippen LogP contribution in [-0.2, 0) is 10.9 Å². The number of anilines is 1. The van der Waals surface area contributed by atoms with Gasteiger partial charge in [-0.05, 0) is 24.3 Å². The SMILES string of the molecule is COC(=O)c1cc(C#Cc2cccc(C(F)(F)F)c2)c(N(C)C)cc1O. The number of alkyl halides is 3. The van der Waals surface area contributed by atoms with Crippen molar-refractivity contribution < 1.29 is 27.8 Å². The van der Waals surface area contributed by atoms with Crippen molar-refractivity contribution in [1.82, 2.24) is 0 Å². The lowest BCUT2D eigenvalue weighted by Gasteiger charge is -2.16. The van der Waals surface area contributed by atoms with Gasteiger partial charge in [0.1, 0.15) is 11.3 Å². The number of carbonyl (C=O) groups is 1. The molecule has 0 aliphatic rings. The molecule has 2 aromatic carbocycles. The Bertz CT molecular complexity index is 893. The highest BCUT2D eigenvalue weighted by Crippen LogP contribution is 2.30. The first-order chi connectivity index (χ1) is 12.1. The first-order valence-electron chi connectivity index (χ1n) is 7.45. The van der Waals surface area contributed by atoms with Crippen LogP contribution in [0, 0.1) is 11.8 Å². The van der Waals surface area contributed by atoms with E-state index in [1.54, 1.807) is 19.0 Å². The van der Waals surface area contributed by atoms with Crippen molar-refractivity contribution >= 4 is 11.7 Å². The fourth-order valence-electron chi connectivity index (χ4n) is 2.23. The van der Waals surface area contributed by atoms with Crippen molar-refractivity contribution in [1.29, 1.82) is 0 Å². The second kappa shape index (κ2) is 7.40. The van der Waals surface area contributed by atoms with E-state index in [1.165, 1.54) is 31.4 Å². The van der Waals surface area contributed by atoms with Crippen molar-refractivity contribution in [3.8, 4) is 17.6 Å². The van der Waals surface area contributed by atoms with Gasteiger partial charge in [-0.3, -0.25) is 0 Å². The Morgan fingerprint density at radius 3 is 2.42 bits per heavy atom. The maximum absolute atomic E-state index is 12.8. The van der Waals surface area contributed by atoms with Gasteiger partial charge in [0.25, 0.3) is 0 Å². The quantitative estimate of drug-likeness (QED) is 0.654. The van der Waals surface area contributed by atoms with Crippen molar-refractivity contribution in [2.24, 2.45) is 0 Å². The number of phenolic OH excluding ortho intramolecular Hbond substituents is 1. The minimum atomic E-state index is -4.46. The second-order valence-electron chi connectivity index (χ2n) is 5.60. The van der Waals surface area contributed by atoms with Gasteiger partial charge >= 0.3 is 12.1 Å². The molecule has 0 atom stereocenters. The molecule has 4 nitrogen and oxygen atoms in total. The monoisotopic (exact) mass is 363 g/mol. The fraction of sp³-hybridized carbons (Fsp3) is 0.211. The van der Waals surface area contributed by atoms with Gasteiger partial charge in [-0.1, -0.05) is 17.9 Å². The van der Waals surface area contributed by atoms with Gasteiger partial charge in [0, 0.05) is 31.3 Å². The lowest BCUT2D eigenvalue weighted by atomic mass is 10.1. The number of esters is 1. The molecule has 136 valence electrons. The molecule has 0 saturated heterocycles. The Kier molecular flexibility index (Phi) is 5.46. The van der Waals surface area contributed by atoms with Crippen LogP contribution in [0.25, 0.3) is 0 Å². The number of rotatable bonds is 2. The lowest BCUT2D eigenvalue weighted by molar-refractivity contribution is -0.137. The van der Waals surface area contributed by atoms with Crippen molar-refractivity contribution in [3.05, 3.63) is 58.7 Å². The van der Waals surface area contributed by atoms with Gasteiger partial charge < -0.3 is 14.7 Å². The molecular weight excluding hydrogens is 347 g/mol. The summed E-state index contributed by atoms with van der Waals surface area (Å²) in [5.41, 5.74) is 0.182. The average molecular weight is 363 g/mol. The molecular formula is C19H16F3NO3. The maximum atomic E-state index is 12.8. The highest BCUT2D eigenvalue weighted by molar-refractivity contribution is 5.94.